The highest BCUT2D eigenvalue weighted by Gasteiger charge is 2.04. The van der Waals surface area contributed by atoms with Crippen molar-refractivity contribution in [3.8, 4) is 0 Å². The van der Waals surface area contributed by atoms with Crippen molar-refractivity contribution in [2.45, 2.75) is 6.42 Å². The van der Waals surface area contributed by atoms with Crippen LogP contribution in [0.15, 0.2) is 30.2 Å². The molecule has 98 valence electrons. The standard InChI is InChI=1S/C12H16N2O3S/c1-2-7-17-12(16)14-6-5-13-11(15)9-10-4-3-8-18-10/h2-4,8H,1,5-7,9H2,(H,13,15)(H,14,16). The Hall–Kier alpha value is -1.82. The quantitative estimate of drug-likeness (QED) is 0.579. The third-order valence-electron chi connectivity index (χ3n) is 1.96. The van der Waals surface area contributed by atoms with Crippen LogP contribution in [0.5, 0.6) is 0 Å². The average molecular weight is 268 g/mol. The van der Waals surface area contributed by atoms with Gasteiger partial charge in [0.05, 0.1) is 6.42 Å². The van der Waals surface area contributed by atoms with Gasteiger partial charge in [0, 0.05) is 18.0 Å². The summed E-state index contributed by atoms with van der Waals surface area (Å²) in [7, 11) is 0. The van der Waals surface area contributed by atoms with Crippen LogP contribution in [0, 0.1) is 0 Å². The van der Waals surface area contributed by atoms with Gasteiger partial charge < -0.3 is 15.4 Å². The van der Waals surface area contributed by atoms with Gasteiger partial charge in [-0.2, -0.15) is 0 Å². The van der Waals surface area contributed by atoms with Gasteiger partial charge >= 0.3 is 6.09 Å². The Kier molecular flexibility index (Phi) is 6.56. The van der Waals surface area contributed by atoms with Crippen LogP contribution in [0.25, 0.3) is 0 Å². The SMILES string of the molecule is C=CCOC(=O)NCCNC(=O)Cc1cccs1. The molecule has 0 bridgehead atoms. The van der Waals surface area contributed by atoms with Crippen LogP contribution in [0.4, 0.5) is 4.79 Å². The van der Waals surface area contributed by atoms with E-state index in [-0.39, 0.29) is 12.5 Å². The Morgan fingerprint density at radius 2 is 2.17 bits per heavy atom. The van der Waals surface area contributed by atoms with E-state index in [1.54, 1.807) is 11.3 Å². The Balaban J connectivity index is 2.05. The fourth-order valence-corrected chi connectivity index (χ4v) is 1.89. The van der Waals surface area contributed by atoms with Gasteiger partial charge in [0.2, 0.25) is 5.91 Å². The zero-order chi connectivity index (χ0) is 13.2. The van der Waals surface area contributed by atoms with Crippen molar-refractivity contribution in [1.82, 2.24) is 10.6 Å². The molecule has 2 N–H and O–H groups in total. The summed E-state index contributed by atoms with van der Waals surface area (Å²) in [5.41, 5.74) is 0. The van der Waals surface area contributed by atoms with Crippen molar-refractivity contribution in [1.29, 1.82) is 0 Å². The van der Waals surface area contributed by atoms with Gasteiger partial charge in [0.25, 0.3) is 0 Å². The second-order valence-electron chi connectivity index (χ2n) is 3.42. The molecule has 0 aliphatic carbocycles. The van der Waals surface area contributed by atoms with Crippen molar-refractivity contribution < 1.29 is 14.3 Å². The number of carbonyl (C=O) groups is 2. The summed E-state index contributed by atoms with van der Waals surface area (Å²) < 4.78 is 4.70. The number of rotatable bonds is 7. The number of amides is 2. The Morgan fingerprint density at radius 1 is 1.39 bits per heavy atom. The van der Waals surface area contributed by atoms with Crippen LogP contribution >= 0.6 is 11.3 Å². The van der Waals surface area contributed by atoms with Crippen LogP contribution in [0.2, 0.25) is 0 Å². The zero-order valence-electron chi connectivity index (χ0n) is 9.98. The highest BCUT2D eigenvalue weighted by atomic mass is 32.1. The third kappa shape index (κ3) is 6.05. The monoisotopic (exact) mass is 268 g/mol. The van der Waals surface area contributed by atoms with Crippen molar-refractivity contribution in [3.63, 3.8) is 0 Å². The van der Waals surface area contributed by atoms with Gasteiger partial charge in [-0.25, -0.2) is 4.79 Å². The van der Waals surface area contributed by atoms with E-state index >= 15 is 0 Å². The molecule has 5 nitrogen and oxygen atoms in total. The molecular formula is C12H16N2O3S. The molecule has 0 atom stereocenters. The molecule has 1 aromatic rings. The summed E-state index contributed by atoms with van der Waals surface area (Å²) in [6.45, 7) is 4.33. The van der Waals surface area contributed by atoms with Crippen molar-refractivity contribution in [2.75, 3.05) is 19.7 Å². The molecule has 6 heteroatoms. The maximum Gasteiger partial charge on any atom is 0.407 e. The predicted molar refractivity (Wildman–Crippen MR) is 70.6 cm³/mol. The Morgan fingerprint density at radius 3 is 2.83 bits per heavy atom. The highest BCUT2D eigenvalue weighted by molar-refractivity contribution is 7.10. The summed E-state index contributed by atoms with van der Waals surface area (Å²) in [6.07, 6.45) is 1.35. The lowest BCUT2D eigenvalue weighted by Gasteiger charge is -2.06. The molecule has 1 rings (SSSR count). The number of hydrogen-bond acceptors (Lipinski definition) is 4. The van der Waals surface area contributed by atoms with E-state index in [2.05, 4.69) is 17.2 Å². The lowest BCUT2D eigenvalue weighted by molar-refractivity contribution is -0.120. The fraction of sp³-hybridized carbons (Fsp3) is 0.333. The molecule has 0 aliphatic heterocycles. The largest absolute Gasteiger partial charge is 0.445 e. The first kappa shape index (κ1) is 14.2. The molecule has 2 amide bonds. The highest BCUT2D eigenvalue weighted by Crippen LogP contribution is 2.08. The molecule has 0 spiro atoms. The van der Waals surface area contributed by atoms with Gasteiger partial charge in [0.1, 0.15) is 6.61 Å². The minimum atomic E-state index is -0.512. The van der Waals surface area contributed by atoms with Crippen LogP contribution < -0.4 is 10.6 Å². The Bertz CT molecular complexity index is 390. The van der Waals surface area contributed by atoms with Crippen molar-refractivity contribution in [3.05, 3.63) is 35.0 Å². The summed E-state index contributed by atoms with van der Waals surface area (Å²) in [4.78, 5) is 23.5. The minimum Gasteiger partial charge on any atom is -0.445 e. The third-order valence-corrected chi connectivity index (χ3v) is 2.84. The molecule has 0 radical (unpaired) electrons. The number of thiophene rings is 1. The molecule has 1 aromatic heterocycles. The summed E-state index contributed by atoms with van der Waals surface area (Å²) in [6, 6.07) is 3.82. The van der Waals surface area contributed by atoms with E-state index in [4.69, 9.17) is 4.74 Å². The van der Waals surface area contributed by atoms with Crippen LogP contribution in [-0.2, 0) is 16.0 Å². The number of carbonyl (C=O) groups excluding carboxylic acids is 2. The number of nitrogens with one attached hydrogen (secondary N) is 2. The molecular weight excluding hydrogens is 252 g/mol. The van der Waals surface area contributed by atoms with E-state index in [1.807, 2.05) is 17.5 Å². The Labute approximate surface area is 110 Å². The van der Waals surface area contributed by atoms with Gasteiger partial charge in [-0.3, -0.25) is 4.79 Å². The molecule has 1 heterocycles. The summed E-state index contributed by atoms with van der Waals surface area (Å²) >= 11 is 1.54. The number of hydrogen-bond donors (Lipinski definition) is 2. The lowest BCUT2D eigenvalue weighted by Crippen LogP contribution is -2.35. The van der Waals surface area contributed by atoms with E-state index in [0.717, 1.165) is 4.88 Å². The molecule has 0 unspecified atom stereocenters. The summed E-state index contributed by atoms with van der Waals surface area (Å²) in [5, 5.41) is 7.15. The van der Waals surface area contributed by atoms with Crippen molar-refractivity contribution >= 4 is 23.3 Å². The fourth-order valence-electron chi connectivity index (χ4n) is 1.19. The van der Waals surface area contributed by atoms with Gasteiger partial charge in [-0.15, -0.1) is 11.3 Å². The maximum atomic E-state index is 11.5. The molecule has 0 aromatic carbocycles. The van der Waals surface area contributed by atoms with E-state index < -0.39 is 6.09 Å². The number of alkyl carbamates (subject to hydrolysis) is 1. The number of ether oxygens (including phenoxy) is 1. The van der Waals surface area contributed by atoms with E-state index in [9.17, 15) is 9.59 Å². The first-order valence-corrected chi connectivity index (χ1v) is 6.41. The molecule has 18 heavy (non-hydrogen) atoms. The van der Waals surface area contributed by atoms with Gasteiger partial charge in [-0.1, -0.05) is 18.7 Å². The smallest absolute Gasteiger partial charge is 0.407 e. The molecule has 0 saturated carbocycles. The maximum absolute atomic E-state index is 11.5. The average Bonchev–Trinajstić information content (AvgIpc) is 2.85. The first-order valence-electron chi connectivity index (χ1n) is 5.53. The van der Waals surface area contributed by atoms with Gasteiger partial charge in [0.15, 0.2) is 0 Å². The van der Waals surface area contributed by atoms with Gasteiger partial charge in [-0.05, 0) is 11.4 Å². The van der Waals surface area contributed by atoms with Crippen LogP contribution in [0.3, 0.4) is 0 Å². The summed E-state index contributed by atoms with van der Waals surface area (Å²) in [5.74, 6) is -0.0568. The minimum absolute atomic E-state index is 0.0568. The predicted octanol–water partition coefficient (Wildman–Crippen LogP) is 1.32. The first-order chi connectivity index (χ1) is 8.72. The second kappa shape index (κ2) is 8.30. The molecule has 0 saturated heterocycles. The van der Waals surface area contributed by atoms with E-state index in [1.165, 1.54) is 6.08 Å². The van der Waals surface area contributed by atoms with E-state index in [0.29, 0.717) is 19.5 Å². The lowest BCUT2D eigenvalue weighted by atomic mass is 10.3. The topological polar surface area (TPSA) is 67.4 Å². The molecule has 0 aliphatic rings. The van der Waals surface area contributed by atoms with Crippen molar-refractivity contribution in [2.24, 2.45) is 0 Å². The van der Waals surface area contributed by atoms with Crippen LogP contribution in [-0.4, -0.2) is 31.7 Å². The van der Waals surface area contributed by atoms with Crippen LogP contribution in [0.1, 0.15) is 4.88 Å². The normalized spacial score (nSPS) is 9.56. The zero-order valence-corrected chi connectivity index (χ0v) is 10.8. The second-order valence-corrected chi connectivity index (χ2v) is 4.45. The molecule has 0 fully saturated rings.